The molecular weight excluding hydrogens is 364 g/mol. The van der Waals surface area contributed by atoms with E-state index in [1.54, 1.807) is 0 Å². The molecule has 0 radical (unpaired) electrons. The van der Waals surface area contributed by atoms with Gasteiger partial charge in [-0.1, -0.05) is 91.0 Å². The van der Waals surface area contributed by atoms with Crippen molar-refractivity contribution in [1.82, 2.24) is 0 Å². The smallest absolute Gasteiger partial charge is 0.143 e. The van der Waals surface area contributed by atoms with Crippen molar-refractivity contribution in [2.75, 3.05) is 26.4 Å². The van der Waals surface area contributed by atoms with E-state index >= 15 is 0 Å². The lowest BCUT2D eigenvalue weighted by Crippen LogP contribution is -2.36. The van der Waals surface area contributed by atoms with E-state index in [9.17, 15) is 5.11 Å². The number of ether oxygens (including phenoxy) is 2. The van der Waals surface area contributed by atoms with Crippen molar-refractivity contribution in [3.8, 4) is 0 Å². The molecule has 4 heteroatoms. The largest absolute Gasteiger partial charge is 0.396 e. The SMILES string of the molecule is OCCO[C@@H](CCO)COC(c1ccccc1)(c1ccccc1)c1ccccc1. The Balaban J connectivity index is 2.07. The van der Waals surface area contributed by atoms with Gasteiger partial charge in [0.1, 0.15) is 5.60 Å². The second-order valence-corrected chi connectivity index (χ2v) is 6.82. The molecule has 29 heavy (non-hydrogen) atoms. The first kappa shape index (κ1) is 21.2. The van der Waals surface area contributed by atoms with E-state index in [1.165, 1.54) is 0 Å². The van der Waals surface area contributed by atoms with Gasteiger partial charge in [0, 0.05) is 6.61 Å². The van der Waals surface area contributed by atoms with Crippen molar-refractivity contribution in [3.63, 3.8) is 0 Å². The van der Waals surface area contributed by atoms with Gasteiger partial charge in [0.2, 0.25) is 0 Å². The van der Waals surface area contributed by atoms with E-state index in [0.717, 1.165) is 16.7 Å². The van der Waals surface area contributed by atoms with Crippen molar-refractivity contribution in [3.05, 3.63) is 108 Å². The minimum absolute atomic E-state index is 0.00549. The van der Waals surface area contributed by atoms with Crippen LogP contribution in [0.2, 0.25) is 0 Å². The van der Waals surface area contributed by atoms with Crippen molar-refractivity contribution < 1.29 is 19.7 Å². The van der Waals surface area contributed by atoms with Crippen LogP contribution in [0.3, 0.4) is 0 Å². The first-order valence-electron chi connectivity index (χ1n) is 9.95. The molecule has 4 nitrogen and oxygen atoms in total. The molecule has 0 amide bonds. The van der Waals surface area contributed by atoms with E-state index in [4.69, 9.17) is 14.6 Å². The van der Waals surface area contributed by atoms with Gasteiger partial charge < -0.3 is 19.7 Å². The van der Waals surface area contributed by atoms with E-state index < -0.39 is 5.60 Å². The fraction of sp³-hybridized carbons (Fsp3) is 0.280. The van der Waals surface area contributed by atoms with Crippen LogP contribution in [0.5, 0.6) is 0 Å². The summed E-state index contributed by atoms with van der Waals surface area (Å²) in [6.07, 6.45) is 0.122. The van der Waals surface area contributed by atoms with E-state index in [0.29, 0.717) is 6.42 Å². The van der Waals surface area contributed by atoms with Crippen LogP contribution in [0.1, 0.15) is 23.1 Å². The molecule has 0 aliphatic heterocycles. The zero-order valence-electron chi connectivity index (χ0n) is 16.5. The van der Waals surface area contributed by atoms with Crippen LogP contribution in [0.4, 0.5) is 0 Å². The molecule has 2 N–H and O–H groups in total. The van der Waals surface area contributed by atoms with Gasteiger partial charge in [-0.3, -0.25) is 0 Å². The second-order valence-electron chi connectivity index (χ2n) is 6.82. The standard InChI is InChI=1S/C25H28O4/c26-17-16-24(28-19-18-27)20-29-25(21-10-4-1-5-11-21,22-12-6-2-7-13-22)23-14-8-3-9-15-23/h1-15,24,26-27H,16-20H2/t24-/m0/s1. The maximum atomic E-state index is 9.42. The second kappa shape index (κ2) is 10.9. The lowest BCUT2D eigenvalue weighted by Gasteiger charge is -2.37. The summed E-state index contributed by atoms with van der Waals surface area (Å²) in [6.45, 7) is 0.417. The maximum Gasteiger partial charge on any atom is 0.143 e. The van der Waals surface area contributed by atoms with Gasteiger partial charge in [-0.05, 0) is 23.1 Å². The molecule has 3 aromatic rings. The Kier molecular flexibility index (Phi) is 7.96. The quantitative estimate of drug-likeness (QED) is 0.488. The Morgan fingerprint density at radius 2 is 1.10 bits per heavy atom. The van der Waals surface area contributed by atoms with Gasteiger partial charge in [0.25, 0.3) is 0 Å². The molecule has 0 aliphatic rings. The van der Waals surface area contributed by atoms with Crippen molar-refractivity contribution in [2.24, 2.45) is 0 Å². The van der Waals surface area contributed by atoms with E-state index in [-0.39, 0.29) is 32.5 Å². The van der Waals surface area contributed by atoms with Gasteiger partial charge in [-0.25, -0.2) is 0 Å². The van der Waals surface area contributed by atoms with Gasteiger partial charge in [-0.15, -0.1) is 0 Å². The van der Waals surface area contributed by atoms with Crippen LogP contribution in [-0.4, -0.2) is 42.7 Å². The summed E-state index contributed by atoms with van der Waals surface area (Å²) in [6, 6.07) is 30.4. The number of aliphatic hydroxyl groups excluding tert-OH is 2. The molecule has 0 aromatic heterocycles. The fourth-order valence-corrected chi connectivity index (χ4v) is 3.56. The molecule has 0 saturated carbocycles. The molecule has 0 heterocycles. The van der Waals surface area contributed by atoms with Gasteiger partial charge in [-0.2, -0.15) is 0 Å². The Hall–Kier alpha value is -2.50. The van der Waals surface area contributed by atoms with E-state index in [1.807, 2.05) is 54.6 Å². The normalized spacial score (nSPS) is 12.6. The number of hydrogen-bond acceptors (Lipinski definition) is 4. The van der Waals surface area contributed by atoms with Crippen LogP contribution in [0, 0.1) is 0 Å². The zero-order chi connectivity index (χ0) is 20.4. The molecular formula is C25H28O4. The highest BCUT2D eigenvalue weighted by molar-refractivity contribution is 5.47. The van der Waals surface area contributed by atoms with Gasteiger partial charge >= 0.3 is 0 Å². The van der Waals surface area contributed by atoms with Crippen LogP contribution in [0.15, 0.2) is 91.0 Å². The minimum atomic E-state index is -0.819. The van der Waals surface area contributed by atoms with Crippen LogP contribution in [-0.2, 0) is 15.1 Å². The lowest BCUT2D eigenvalue weighted by atomic mass is 9.80. The predicted molar refractivity (Wildman–Crippen MR) is 114 cm³/mol. The maximum absolute atomic E-state index is 9.42. The topological polar surface area (TPSA) is 58.9 Å². The summed E-state index contributed by atoms with van der Waals surface area (Å²) in [4.78, 5) is 0. The summed E-state index contributed by atoms with van der Waals surface area (Å²) in [5.74, 6) is 0. The average molecular weight is 392 g/mol. The third kappa shape index (κ3) is 5.11. The van der Waals surface area contributed by atoms with Crippen molar-refractivity contribution >= 4 is 0 Å². The molecule has 0 spiro atoms. The third-order valence-electron chi connectivity index (χ3n) is 4.92. The molecule has 152 valence electrons. The number of hydrogen-bond donors (Lipinski definition) is 2. The van der Waals surface area contributed by atoms with Crippen LogP contribution >= 0.6 is 0 Å². The Bertz CT molecular complexity index is 725. The molecule has 3 aromatic carbocycles. The summed E-state index contributed by atoms with van der Waals surface area (Å²) in [5.41, 5.74) is 2.23. The van der Waals surface area contributed by atoms with Crippen molar-refractivity contribution in [1.29, 1.82) is 0 Å². The molecule has 3 rings (SSSR count). The predicted octanol–water partition coefficient (Wildman–Crippen LogP) is 3.76. The average Bonchev–Trinajstić information content (AvgIpc) is 2.80. The fourth-order valence-electron chi connectivity index (χ4n) is 3.56. The Morgan fingerprint density at radius 1 is 0.655 bits per heavy atom. The first-order valence-corrected chi connectivity index (χ1v) is 9.95. The Morgan fingerprint density at radius 3 is 1.48 bits per heavy atom. The summed E-state index contributed by atoms with van der Waals surface area (Å²) in [7, 11) is 0. The van der Waals surface area contributed by atoms with Gasteiger partial charge in [0.15, 0.2) is 0 Å². The molecule has 0 bridgehead atoms. The minimum Gasteiger partial charge on any atom is -0.396 e. The molecule has 1 atom stereocenters. The lowest BCUT2D eigenvalue weighted by molar-refractivity contribution is -0.0762. The highest BCUT2D eigenvalue weighted by atomic mass is 16.5. The summed E-state index contributed by atoms with van der Waals surface area (Å²) >= 11 is 0. The Labute approximate surface area is 172 Å². The number of benzene rings is 3. The van der Waals surface area contributed by atoms with Gasteiger partial charge in [0.05, 0.1) is 25.9 Å². The summed E-state index contributed by atoms with van der Waals surface area (Å²) < 4.78 is 12.4. The molecule has 0 fully saturated rings. The highest BCUT2D eigenvalue weighted by Gasteiger charge is 2.38. The summed E-state index contributed by atoms with van der Waals surface area (Å²) in [5, 5.41) is 18.5. The highest BCUT2D eigenvalue weighted by Crippen LogP contribution is 2.40. The number of aliphatic hydroxyl groups is 2. The van der Waals surface area contributed by atoms with Crippen molar-refractivity contribution in [2.45, 2.75) is 18.1 Å². The third-order valence-corrected chi connectivity index (χ3v) is 4.92. The first-order chi connectivity index (χ1) is 14.3. The van der Waals surface area contributed by atoms with Crippen LogP contribution < -0.4 is 0 Å². The number of rotatable bonds is 11. The molecule has 0 saturated heterocycles. The molecule has 0 aliphatic carbocycles. The van der Waals surface area contributed by atoms with Crippen LogP contribution in [0.25, 0.3) is 0 Å². The zero-order valence-corrected chi connectivity index (χ0v) is 16.5. The monoisotopic (exact) mass is 392 g/mol. The molecule has 0 unspecified atom stereocenters. The van der Waals surface area contributed by atoms with E-state index in [2.05, 4.69) is 36.4 Å².